The maximum absolute atomic E-state index is 5.41. The van der Waals surface area contributed by atoms with E-state index in [1.807, 2.05) is 0 Å². The highest BCUT2D eigenvalue weighted by Gasteiger charge is 2.03. The first-order valence-corrected chi connectivity index (χ1v) is 3.02. The molecule has 3 N–H and O–H groups in total. The lowest BCUT2D eigenvalue weighted by Gasteiger charge is -2.16. The van der Waals surface area contributed by atoms with Crippen LogP contribution in [0.4, 0.5) is 0 Å². The molecule has 0 unspecified atom stereocenters. The van der Waals surface area contributed by atoms with E-state index < -0.39 is 0 Å². The number of rotatable bonds is 1. The minimum atomic E-state index is 0.528. The fourth-order valence-corrected chi connectivity index (χ4v) is 0.841. The molecule has 1 atom stereocenters. The molecule has 0 aromatic rings. The van der Waals surface area contributed by atoms with Crippen molar-refractivity contribution in [1.82, 2.24) is 5.32 Å². The molecule has 0 aromatic heterocycles. The normalized spacial score (nSPS) is 28.4. The van der Waals surface area contributed by atoms with Gasteiger partial charge in [-0.2, -0.15) is 0 Å². The predicted molar refractivity (Wildman–Crippen MR) is 34.6 cm³/mol. The molecule has 0 saturated heterocycles. The summed E-state index contributed by atoms with van der Waals surface area (Å²) in [6, 6.07) is 0.528. The highest BCUT2D eigenvalue weighted by Crippen LogP contribution is 1.95. The molecule has 0 amide bonds. The van der Waals surface area contributed by atoms with Gasteiger partial charge < -0.3 is 11.1 Å². The van der Waals surface area contributed by atoms with E-state index in [0.717, 1.165) is 19.5 Å². The van der Waals surface area contributed by atoms with Crippen LogP contribution in [-0.4, -0.2) is 19.1 Å². The van der Waals surface area contributed by atoms with Gasteiger partial charge in [0.25, 0.3) is 0 Å². The molecule has 0 spiro atoms. The quantitative estimate of drug-likeness (QED) is 0.463. The van der Waals surface area contributed by atoms with Crippen molar-refractivity contribution in [3.63, 3.8) is 0 Å². The lowest BCUT2D eigenvalue weighted by Crippen LogP contribution is -2.37. The molecule has 0 aliphatic carbocycles. The largest absolute Gasteiger partial charge is 0.329 e. The summed E-state index contributed by atoms with van der Waals surface area (Å²) in [4.78, 5) is 0. The van der Waals surface area contributed by atoms with Crippen LogP contribution in [-0.2, 0) is 0 Å². The van der Waals surface area contributed by atoms with E-state index in [2.05, 4.69) is 17.5 Å². The summed E-state index contributed by atoms with van der Waals surface area (Å²) in [6.07, 6.45) is 5.40. The van der Waals surface area contributed by atoms with Crippen molar-refractivity contribution < 1.29 is 0 Å². The van der Waals surface area contributed by atoms with Crippen molar-refractivity contribution >= 4 is 0 Å². The van der Waals surface area contributed by atoms with Gasteiger partial charge in [0.05, 0.1) is 0 Å². The minimum Gasteiger partial charge on any atom is -0.329 e. The maximum Gasteiger partial charge on any atom is 0.0227 e. The average Bonchev–Trinajstić information content (AvgIpc) is 1.90. The molecule has 1 rings (SSSR count). The molecule has 46 valence electrons. The van der Waals surface area contributed by atoms with Crippen LogP contribution in [0.3, 0.4) is 0 Å². The van der Waals surface area contributed by atoms with Gasteiger partial charge in [-0.05, 0) is 6.42 Å². The monoisotopic (exact) mass is 112 g/mol. The molecular formula is C6H12N2. The van der Waals surface area contributed by atoms with Gasteiger partial charge in [-0.25, -0.2) is 0 Å². The number of hydrogen-bond acceptors (Lipinski definition) is 2. The Kier molecular flexibility index (Phi) is 2.06. The zero-order valence-corrected chi connectivity index (χ0v) is 4.93. The Morgan fingerprint density at radius 3 is 2.88 bits per heavy atom. The van der Waals surface area contributed by atoms with Crippen LogP contribution >= 0.6 is 0 Å². The molecule has 0 aromatic carbocycles. The van der Waals surface area contributed by atoms with Gasteiger partial charge in [-0.1, -0.05) is 12.2 Å². The van der Waals surface area contributed by atoms with Gasteiger partial charge in [0, 0.05) is 19.1 Å². The number of nitrogens with two attached hydrogens (primary N) is 1. The molecule has 0 saturated carbocycles. The van der Waals surface area contributed by atoms with E-state index in [-0.39, 0.29) is 0 Å². The zero-order valence-electron chi connectivity index (χ0n) is 4.93. The Balaban J connectivity index is 2.27. The van der Waals surface area contributed by atoms with Crippen LogP contribution < -0.4 is 11.1 Å². The summed E-state index contributed by atoms with van der Waals surface area (Å²) in [5.74, 6) is 0. The van der Waals surface area contributed by atoms with E-state index >= 15 is 0 Å². The standard InChI is InChI=1S/C6H12N2/c7-5-6-3-1-2-4-8-6/h1-2,6,8H,3-5,7H2/t6-/m1/s1. The summed E-state index contributed by atoms with van der Waals surface area (Å²) in [6.45, 7) is 1.74. The molecule has 0 fully saturated rings. The van der Waals surface area contributed by atoms with Crippen LogP contribution in [0.2, 0.25) is 0 Å². The first-order valence-electron chi connectivity index (χ1n) is 3.02. The summed E-state index contributed by atoms with van der Waals surface area (Å²) in [7, 11) is 0. The second-order valence-electron chi connectivity index (χ2n) is 2.05. The third kappa shape index (κ3) is 1.32. The lowest BCUT2D eigenvalue weighted by atomic mass is 10.1. The highest BCUT2D eigenvalue weighted by atomic mass is 14.9. The lowest BCUT2D eigenvalue weighted by molar-refractivity contribution is 0.537. The first kappa shape index (κ1) is 5.79. The Labute approximate surface area is 49.8 Å². The summed E-state index contributed by atoms with van der Waals surface area (Å²) in [5, 5.41) is 3.26. The molecular weight excluding hydrogens is 100 g/mol. The van der Waals surface area contributed by atoms with E-state index in [4.69, 9.17) is 5.73 Å². The van der Waals surface area contributed by atoms with Crippen LogP contribution in [0.1, 0.15) is 6.42 Å². The van der Waals surface area contributed by atoms with Gasteiger partial charge in [-0.15, -0.1) is 0 Å². The van der Waals surface area contributed by atoms with Crippen molar-refractivity contribution in [1.29, 1.82) is 0 Å². The minimum absolute atomic E-state index is 0.528. The fourth-order valence-electron chi connectivity index (χ4n) is 0.841. The molecule has 0 bridgehead atoms. The van der Waals surface area contributed by atoms with Crippen molar-refractivity contribution in [2.75, 3.05) is 13.1 Å². The molecule has 0 radical (unpaired) electrons. The van der Waals surface area contributed by atoms with Gasteiger partial charge in [-0.3, -0.25) is 0 Å². The molecule has 2 heteroatoms. The second kappa shape index (κ2) is 2.84. The van der Waals surface area contributed by atoms with Crippen molar-refractivity contribution in [2.45, 2.75) is 12.5 Å². The van der Waals surface area contributed by atoms with E-state index in [1.165, 1.54) is 0 Å². The van der Waals surface area contributed by atoms with Gasteiger partial charge in [0.1, 0.15) is 0 Å². The van der Waals surface area contributed by atoms with E-state index in [1.54, 1.807) is 0 Å². The average molecular weight is 112 g/mol. The third-order valence-corrected chi connectivity index (χ3v) is 1.40. The molecule has 8 heavy (non-hydrogen) atoms. The molecule has 2 nitrogen and oxygen atoms in total. The second-order valence-corrected chi connectivity index (χ2v) is 2.05. The summed E-state index contributed by atoms with van der Waals surface area (Å²) >= 11 is 0. The van der Waals surface area contributed by atoms with E-state index in [9.17, 15) is 0 Å². The Hall–Kier alpha value is -0.340. The fraction of sp³-hybridized carbons (Fsp3) is 0.667. The predicted octanol–water partition coefficient (Wildman–Crippen LogP) is -0.137. The molecule has 1 aliphatic rings. The number of nitrogens with one attached hydrogen (secondary N) is 1. The zero-order chi connectivity index (χ0) is 5.82. The highest BCUT2D eigenvalue weighted by molar-refractivity contribution is 4.94. The Bertz CT molecular complexity index is 88.5. The first-order chi connectivity index (χ1) is 3.93. The SMILES string of the molecule is NC[C@H]1CC=CCN1. The Morgan fingerprint density at radius 1 is 1.62 bits per heavy atom. The van der Waals surface area contributed by atoms with Crippen molar-refractivity contribution in [3.05, 3.63) is 12.2 Å². The summed E-state index contributed by atoms with van der Waals surface area (Å²) < 4.78 is 0. The molecule has 1 heterocycles. The smallest absolute Gasteiger partial charge is 0.0227 e. The van der Waals surface area contributed by atoms with E-state index in [0.29, 0.717) is 6.04 Å². The summed E-state index contributed by atoms with van der Waals surface area (Å²) in [5.41, 5.74) is 5.41. The molecule has 1 aliphatic heterocycles. The van der Waals surface area contributed by atoms with Gasteiger partial charge >= 0.3 is 0 Å². The van der Waals surface area contributed by atoms with Gasteiger partial charge in [0.2, 0.25) is 0 Å². The van der Waals surface area contributed by atoms with Crippen molar-refractivity contribution in [3.8, 4) is 0 Å². The third-order valence-electron chi connectivity index (χ3n) is 1.40. The topological polar surface area (TPSA) is 38.0 Å². The van der Waals surface area contributed by atoms with Crippen LogP contribution in [0.15, 0.2) is 12.2 Å². The maximum atomic E-state index is 5.41. The van der Waals surface area contributed by atoms with Crippen LogP contribution in [0, 0.1) is 0 Å². The van der Waals surface area contributed by atoms with Gasteiger partial charge in [0.15, 0.2) is 0 Å². The van der Waals surface area contributed by atoms with Crippen molar-refractivity contribution in [2.24, 2.45) is 5.73 Å². The number of hydrogen-bond donors (Lipinski definition) is 2. The Morgan fingerprint density at radius 2 is 2.50 bits per heavy atom. The van der Waals surface area contributed by atoms with Crippen LogP contribution in [0.5, 0.6) is 0 Å². The van der Waals surface area contributed by atoms with Crippen LogP contribution in [0.25, 0.3) is 0 Å².